The summed E-state index contributed by atoms with van der Waals surface area (Å²) < 4.78 is 0. The number of nitrogens with one attached hydrogen (secondary N) is 1. The molecule has 2 aliphatic rings. The smallest absolute Gasteiger partial charge is 0.325 e. The van der Waals surface area contributed by atoms with E-state index < -0.39 is 30.3 Å². The van der Waals surface area contributed by atoms with Gasteiger partial charge in [-0.1, -0.05) is 31.9 Å². The summed E-state index contributed by atoms with van der Waals surface area (Å²) in [7, 11) is 0. The number of hydrogen-bond donors (Lipinski definition) is 1. The molecule has 8 nitrogen and oxygen atoms in total. The van der Waals surface area contributed by atoms with Gasteiger partial charge in [0.1, 0.15) is 6.54 Å². The predicted octanol–water partition coefficient (Wildman–Crippen LogP) is 2.20. The van der Waals surface area contributed by atoms with Crippen molar-refractivity contribution in [2.75, 3.05) is 11.9 Å². The van der Waals surface area contributed by atoms with E-state index in [9.17, 15) is 24.0 Å². The standard InChI is InChI=1S/C20H23N3O5/c1-12-6-3-4-9-16(12)23-19(27)18(26)22(20(23)28)11-17(25)21-15-8-5-7-14(10-15)13(2)24/h5,7-8,10,12,16H,3-4,6,9,11H2,1-2H3,(H,21,25)/t12-,16+/m0/s1. The molecule has 1 saturated carbocycles. The van der Waals surface area contributed by atoms with Crippen molar-refractivity contribution in [3.63, 3.8) is 0 Å². The highest BCUT2D eigenvalue weighted by Gasteiger charge is 2.49. The van der Waals surface area contributed by atoms with E-state index in [0.29, 0.717) is 22.6 Å². The molecule has 1 aromatic carbocycles. The molecule has 0 spiro atoms. The third-order valence-corrected chi connectivity index (χ3v) is 5.34. The number of carbonyl (C=O) groups is 5. The second kappa shape index (κ2) is 7.92. The van der Waals surface area contributed by atoms with Crippen LogP contribution in [0.4, 0.5) is 10.5 Å². The maximum Gasteiger partial charge on any atom is 0.334 e. The minimum atomic E-state index is -0.976. The first-order chi connectivity index (χ1) is 13.3. The van der Waals surface area contributed by atoms with E-state index in [4.69, 9.17) is 0 Å². The van der Waals surface area contributed by atoms with Gasteiger partial charge in [-0.3, -0.25) is 24.1 Å². The maximum atomic E-state index is 12.7. The number of urea groups is 1. The summed E-state index contributed by atoms with van der Waals surface area (Å²) in [5, 5.41) is 2.56. The molecule has 0 bridgehead atoms. The Morgan fingerprint density at radius 2 is 1.82 bits per heavy atom. The summed E-state index contributed by atoms with van der Waals surface area (Å²) >= 11 is 0. The van der Waals surface area contributed by atoms with Crippen molar-refractivity contribution in [2.24, 2.45) is 5.92 Å². The number of hydrogen-bond acceptors (Lipinski definition) is 5. The van der Waals surface area contributed by atoms with Gasteiger partial charge in [0, 0.05) is 17.3 Å². The Kier molecular flexibility index (Phi) is 5.58. The molecule has 0 aromatic heterocycles. The van der Waals surface area contributed by atoms with Crippen LogP contribution in [0.1, 0.15) is 49.9 Å². The van der Waals surface area contributed by atoms with Crippen LogP contribution >= 0.6 is 0 Å². The fourth-order valence-corrected chi connectivity index (χ4v) is 3.79. The normalized spacial score (nSPS) is 22.6. The zero-order chi connectivity index (χ0) is 20.4. The molecule has 1 N–H and O–H groups in total. The Balaban J connectivity index is 1.70. The molecular formula is C20H23N3O5. The van der Waals surface area contributed by atoms with Crippen molar-refractivity contribution < 1.29 is 24.0 Å². The van der Waals surface area contributed by atoms with E-state index in [1.54, 1.807) is 18.2 Å². The number of anilines is 1. The van der Waals surface area contributed by atoms with Gasteiger partial charge in [-0.05, 0) is 37.8 Å². The summed E-state index contributed by atoms with van der Waals surface area (Å²) in [5.74, 6) is -2.49. The van der Waals surface area contributed by atoms with Crippen LogP contribution in [-0.2, 0) is 14.4 Å². The van der Waals surface area contributed by atoms with Gasteiger partial charge in [0.2, 0.25) is 5.91 Å². The third-order valence-electron chi connectivity index (χ3n) is 5.34. The molecule has 28 heavy (non-hydrogen) atoms. The first kappa shape index (κ1) is 19.7. The molecule has 5 amide bonds. The van der Waals surface area contributed by atoms with Crippen molar-refractivity contribution in [1.29, 1.82) is 0 Å². The van der Waals surface area contributed by atoms with Crippen molar-refractivity contribution in [2.45, 2.75) is 45.6 Å². The van der Waals surface area contributed by atoms with E-state index >= 15 is 0 Å². The first-order valence-electron chi connectivity index (χ1n) is 9.39. The molecular weight excluding hydrogens is 362 g/mol. The van der Waals surface area contributed by atoms with Crippen LogP contribution in [-0.4, -0.2) is 51.9 Å². The molecule has 1 aromatic rings. The van der Waals surface area contributed by atoms with Gasteiger partial charge in [0.05, 0.1) is 0 Å². The number of carbonyl (C=O) groups excluding carboxylic acids is 5. The van der Waals surface area contributed by atoms with Crippen molar-refractivity contribution in [3.05, 3.63) is 29.8 Å². The van der Waals surface area contributed by atoms with Crippen molar-refractivity contribution in [3.8, 4) is 0 Å². The SMILES string of the molecule is CC(=O)c1cccc(NC(=O)CN2C(=O)C(=O)N([C@@H]3CCCC[C@@H]3C)C2=O)c1. The number of ketones is 1. The van der Waals surface area contributed by atoms with Crippen LogP contribution in [0, 0.1) is 5.92 Å². The molecule has 8 heteroatoms. The first-order valence-corrected chi connectivity index (χ1v) is 9.39. The van der Waals surface area contributed by atoms with Crippen LogP contribution in [0.3, 0.4) is 0 Å². The maximum absolute atomic E-state index is 12.7. The summed E-state index contributed by atoms with van der Waals surface area (Å²) in [6.07, 6.45) is 3.49. The number of benzene rings is 1. The lowest BCUT2D eigenvalue weighted by molar-refractivity contribution is -0.145. The van der Waals surface area contributed by atoms with Crippen molar-refractivity contribution >= 4 is 35.2 Å². The van der Waals surface area contributed by atoms with Gasteiger partial charge in [-0.2, -0.15) is 0 Å². The highest BCUT2D eigenvalue weighted by atomic mass is 16.2. The van der Waals surface area contributed by atoms with Crippen LogP contribution in [0.15, 0.2) is 24.3 Å². The largest absolute Gasteiger partial charge is 0.334 e. The fourth-order valence-electron chi connectivity index (χ4n) is 3.79. The molecule has 0 unspecified atom stereocenters. The average molecular weight is 385 g/mol. The van der Waals surface area contributed by atoms with E-state index in [-0.39, 0.29) is 17.7 Å². The Morgan fingerprint density at radius 3 is 2.50 bits per heavy atom. The third kappa shape index (κ3) is 3.81. The van der Waals surface area contributed by atoms with Gasteiger partial charge >= 0.3 is 17.8 Å². The summed E-state index contributed by atoms with van der Waals surface area (Å²) in [4.78, 5) is 62.8. The molecule has 148 valence electrons. The number of nitrogens with zero attached hydrogens (tertiary/aromatic N) is 2. The molecule has 0 radical (unpaired) electrons. The number of rotatable bonds is 5. The van der Waals surface area contributed by atoms with Gasteiger partial charge in [0.25, 0.3) is 0 Å². The van der Waals surface area contributed by atoms with Crippen molar-refractivity contribution in [1.82, 2.24) is 9.80 Å². The monoisotopic (exact) mass is 385 g/mol. The molecule has 2 fully saturated rings. The topological polar surface area (TPSA) is 104 Å². The molecule has 2 atom stereocenters. The van der Waals surface area contributed by atoms with E-state index in [1.165, 1.54) is 13.0 Å². The summed E-state index contributed by atoms with van der Waals surface area (Å²) in [6.45, 7) is 2.83. The van der Waals surface area contributed by atoms with Crippen LogP contribution < -0.4 is 5.32 Å². The van der Waals surface area contributed by atoms with Gasteiger partial charge in [-0.15, -0.1) is 0 Å². The second-order valence-corrected chi connectivity index (χ2v) is 7.36. The second-order valence-electron chi connectivity index (χ2n) is 7.36. The molecule has 1 aliphatic carbocycles. The zero-order valence-electron chi connectivity index (χ0n) is 15.9. The minimum Gasteiger partial charge on any atom is -0.325 e. The molecule has 1 aliphatic heterocycles. The predicted molar refractivity (Wildman–Crippen MR) is 100 cm³/mol. The fraction of sp³-hybridized carbons (Fsp3) is 0.450. The zero-order valence-corrected chi connectivity index (χ0v) is 15.9. The highest BCUT2D eigenvalue weighted by Crippen LogP contribution is 2.31. The molecule has 1 heterocycles. The lowest BCUT2D eigenvalue weighted by Crippen LogP contribution is -2.46. The quantitative estimate of drug-likeness (QED) is 0.475. The Morgan fingerprint density at radius 1 is 1.11 bits per heavy atom. The average Bonchev–Trinajstić information content (AvgIpc) is 2.86. The van der Waals surface area contributed by atoms with E-state index in [2.05, 4.69) is 5.32 Å². The van der Waals surface area contributed by atoms with E-state index in [0.717, 1.165) is 24.2 Å². The van der Waals surface area contributed by atoms with Crippen LogP contribution in [0.2, 0.25) is 0 Å². The van der Waals surface area contributed by atoms with Gasteiger partial charge in [0.15, 0.2) is 5.78 Å². The number of Topliss-reactive ketones (excluding diaryl/α,β-unsaturated/α-hetero) is 1. The summed E-state index contributed by atoms with van der Waals surface area (Å²) in [5.41, 5.74) is 0.805. The Bertz CT molecular complexity index is 850. The van der Waals surface area contributed by atoms with Crippen LogP contribution in [0.25, 0.3) is 0 Å². The Hall–Kier alpha value is -3.03. The lowest BCUT2D eigenvalue weighted by atomic mass is 9.85. The Labute approximate surface area is 162 Å². The lowest BCUT2D eigenvalue weighted by Gasteiger charge is -2.34. The van der Waals surface area contributed by atoms with Crippen LogP contribution in [0.5, 0.6) is 0 Å². The number of imide groups is 2. The summed E-state index contributed by atoms with van der Waals surface area (Å²) in [6, 6.07) is 5.30. The minimum absolute atomic E-state index is 0.123. The highest BCUT2D eigenvalue weighted by molar-refractivity contribution is 6.45. The molecule has 1 saturated heterocycles. The molecule has 3 rings (SSSR count). The number of amides is 5. The van der Waals surface area contributed by atoms with E-state index in [1.807, 2.05) is 6.92 Å². The van der Waals surface area contributed by atoms with Gasteiger partial charge in [-0.25, -0.2) is 9.69 Å². The van der Waals surface area contributed by atoms with Gasteiger partial charge < -0.3 is 5.32 Å².